The fourth-order valence-corrected chi connectivity index (χ4v) is 5.49. The molecule has 3 aromatic rings. The molecule has 1 aliphatic heterocycles. The van der Waals surface area contributed by atoms with Crippen LogP contribution >= 0.6 is 0 Å². The minimum Gasteiger partial charge on any atom is -0.493 e. The molecule has 162 valence electrons. The summed E-state index contributed by atoms with van der Waals surface area (Å²) in [5.41, 5.74) is 2.40. The van der Waals surface area contributed by atoms with E-state index in [2.05, 4.69) is 60.8 Å². The van der Waals surface area contributed by atoms with Gasteiger partial charge < -0.3 is 19.5 Å². The molecular formula is C27H31NO3. The van der Waals surface area contributed by atoms with E-state index in [1.807, 2.05) is 6.07 Å². The lowest BCUT2D eigenvalue weighted by molar-refractivity contribution is 0.0347. The number of benzene rings is 3. The molecule has 1 saturated carbocycles. The van der Waals surface area contributed by atoms with E-state index in [1.54, 1.807) is 14.2 Å². The molecule has 5 rings (SSSR count). The smallest absolute Gasteiger partial charge is 0.164 e. The summed E-state index contributed by atoms with van der Waals surface area (Å²) in [6.07, 6.45) is 5.66. The van der Waals surface area contributed by atoms with Gasteiger partial charge in [-0.15, -0.1) is 0 Å². The molecule has 0 aromatic heterocycles. The van der Waals surface area contributed by atoms with Crippen molar-refractivity contribution < 1.29 is 14.2 Å². The minimum atomic E-state index is -0.0806. The Hall–Kier alpha value is -2.72. The summed E-state index contributed by atoms with van der Waals surface area (Å²) in [7, 11) is 3.37. The standard InChI is InChI=1S/C27H31NO3/c1-18(20-12-8-10-19-9-4-5-11-21(19)20)28-23-17-27(13-6-7-14-27)31-24-16-26(30-3)25(29-2)15-22(23)24/h4-5,8-12,15-16,18,23,28H,6-7,13-14,17H2,1-3H3/t18?,23-/m1/s1. The maximum absolute atomic E-state index is 6.63. The predicted octanol–water partition coefficient (Wildman–Crippen LogP) is 6.34. The first-order valence-corrected chi connectivity index (χ1v) is 11.3. The quantitative estimate of drug-likeness (QED) is 0.525. The molecule has 1 aliphatic carbocycles. The van der Waals surface area contributed by atoms with Gasteiger partial charge in [0.1, 0.15) is 11.4 Å². The van der Waals surface area contributed by atoms with E-state index in [9.17, 15) is 0 Å². The maximum Gasteiger partial charge on any atom is 0.164 e. The Kier molecular flexibility index (Phi) is 5.27. The second-order valence-electron chi connectivity index (χ2n) is 8.95. The number of ether oxygens (including phenoxy) is 3. The van der Waals surface area contributed by atoms with Crippen molar-refractivity contribution in [2.45, 2.75) is 56.7 Å². The van der Waals surface area contributed by atoms with E-state index < -0.39 is 0 Å². The van der Waals surface area contributed by atoms with Crippen LogP contribution < -0.4 is 19.5 Å². The van der Waals surface area contributed by atoms with E-state index in [1.165, 1.54) is 29.2 Å². The highest BCUT2D eigenvalue weighted by Gasteiger charge is 2.44. The van der Waals surface area contributed by atoms with Gasteiger partial charge in [-0.25, -0.2) is 0 Å². The zero-order valence-electron chi connectivity index (χ0n) is 18.6. The zero-order valence-corrected chi connectivity index (χ0v) is 18.6. The van der Waals surface area contributed by atoms with Crippen molar-refractivity contribution in [2.75, 3.05) is 14.2 Å². The van der Waals surface area contributed by atoms with Gasteiger partial charge >= 0.3 is 0 Å². The van der Waals surface area contributed by atoms with Crippen LogP contribution in [0.5, 0.6) is 17.2 Å². The van der Waals surface area contributed by atoms with Crippen molar-refractivity contribution in [3.63, 3.8) is 0 Å². The summed E-state index contributed by atoms with van der Waals surface area (Å²) >= 11 is 0. The van der Waals surface area contributed by atoms with Crippen molar-refractivity contribution in [3.05, 3.63) is 65.7 Å². The molecule has 0 radical (unpaired) electrons. The third-order valence-electron chi connectivity index (χ3n) is 7.05. The fraction of sp³-hybridized carbons (Fsp3) is 0.407. The first kappa shape index (κ1) is 20.2. The molecule has 4 heteroatoms. The Balaban J connectivity index is 1.53. The Morgan fingerprint density at radius 2 is 1.68 bits per heavy atom. The molecule has 0 bridgehead atoms. The molecule has 1 N–H and O–H groups in total. The second kappa shape index (κ2) is 8.08. The largest absolute Gasteiger partial charge is 0.493 e. The third kappa shape index (κ3) is 3.63. The van der Waals surface area contributed by atoms with Crippen molar-refractivity contribution in [3.8, 4) is 17.2 Å². The molecule has 1 unspecified atom stereocenters. The molecule has 2 atom stereocenters. The third-order valence-corrected chi connectivity index (χ3v) is 7.05. The van der Waals surface area contributed by atoms with Crippen LogP contribution in [0.2, 0.25) is 0 Å². The number of methoxy groups -OCH3 is 2. The van der Waals surface area contributed by atoms with E-state index in [-0.39, 0.29) is 17.7 Å². The maximum atomic E-state index is 6.63. The van der Waals surface area contributed by atoms with Crippen LogP contribution in [-0.4, -0.2) is 19.8 Å². The van der Waals surface area contributed by atoms with E-state index in [4.69, 9.17) is 14.2 Å². The summed E-state index contributed by atoms with van der Waals surface area (Å²) in [4.78, 5) is 0. The lowest BCUT2D eigenvalue weighted by Crippen LogP contribution is -2.42. The van der Waals surface area contributed by atoms with Crippen molar-refractivity contribution >= 4 is 10.8 Å². The summed E-state index contributed by atoms with van der Waals surface area (Å²) < 4.78 is 17.8. The number of fused-ring (bicyclic) bond motifs is 2. The monoisotopic (exact) mass is 417 g/mol. The number of hydrogen-bond donors (Lipinski definition) is 1. The van der Waals surface area contributed by atoms with Gasteiger partial charge in [-0.1, -0.05) is 42.5 Å². The first-order chi connectivity index (χ1) is 15.1. The molecular weight excluding hydrogens is 386 g/mol. The molecule has 2 aliphatic rings. The average Bonchev–Trinajstić information content (AvgIpc) is 3.24. The number of rotatable bonds is 5. The zero-order chi connectivity index (χ0) is 21.4. The molecule has 1 spiro atoms. The molecule has 1 fully saturated rings. The van der Waals surface area contributed by atoms with E-state index in [0.717, 1.165) is 42.1 Å². The van der Waals surface area contributed by atoms with Crippen LogP contribution in [-0.2, 0) is 0 Å². The fourth-order valence-electron chi connectivity index (χ4n) is 5.49. The summed E-state index contributed by atoms with van der Waals surface area (Å²) in [6, 6.07) is 19.7. The van der Waals surface area contributed by atoms with Gasteiger partial charge in [0.05, 0.1) is 14.2 Å². The topological polar surface area (TPSA) is 39.7 Å². The molecule has 31 heavy (non-hydrogen) atoms. The number of hydrogen-bond acceptors (Lipinski definition) is 4. The Morgan fingerprint density at radius 3 is 2.45 bits per heavy atom. The lowest BCUT2D eigenvalue weighted by Gasteiger charge is -2.41. The van der Waals surface area contributed by atoms with Gasteiger partial charge in [-0.3, -0.25) is 0 Å². The lowest BCUT2D eigenvalue weighted by atomic mass is 9.85. The van der Waals surface area contributed by atoms with Crippen LogP contribution in [0, 0.1) is 0 Å². The predicted molar refractivity (Wildman–Crippen MR) is 124 cm³/mol. The SMILES string of the molecule is COc1cc2c(cc1OC)[C@H](NC(C)c1cccc3ccccc13)CC1(CCCC1)O2. The van der Waals surface area contributed by atoms with Crippen LogP contribution in [0.3, 0.4) is 0 Å². The van der Waals surface area contributed by atoms with Gasteiger partial charge in [-0.05, 0) is 55.0 Å². The molecule has 1 heterocycles. The van der Waals surface area contributed by atoms with Crippen LogP contribution in [0.25, 0.3) is 10.8 Å². The summed E-state index contributed by atoms with van der Waals surface area (Å²) in [5, 5.41) is 6.53. The molecule has 4 nitrogen and oxygen atoms in total. The molecule has 3 aromatic carbocycles. The summed E-state index contributed by atoms with van der Waals surface area (Å²) in [6.45, 7) is 2.26. The average molecular weight is 418 g/mol. The van der Waals surface area contributed by atoms with Gasteiger partial charge in [0, 0.05) is 30.1 Å². The summed E-state index contributed by atoms with van der Waals surface area (Å²) in [5.74, 6) is 2.39. The van der Waals surface area contributed by atoms with E-state index >= 15 is 0 Å². The number of nitrogens with one attached hydrogen (secondary N) is 1. The minimum absolute atomic E-state index is 0.0806. The van der Waals surface area contributed by atoms with Crippen LogP contribution in [0.1, 0.15) is 62.2 Å². The van der Waals surface area contributed by atoms with Gasteiger partial charge in [0.25, 0.3) is 0 Å². The first-order valence-electron chi connectivity index (χ1n) is 11.3. The normalized spacial score (nSPS) is 20.3. The van der Waals surface area contributed by atoms with Gasteiger partial charge in [-0.2, -0.15) is 0 Å². The Bertz CT molecular complexity index is 1080. The van der Waals surface area contributed by atoms with E-state index in [0.29, 0.717) is 0 Å². The van der Waals surface area contributed by atoms with Crippen molar-refractivity contribution in [1.29, 1.82) is 0 Å². The second-order valence-corrected chi connectivity index (χ2v) is 8.95. The molecule has 0 saturated heterocycles. The van der Waals surface area contributed by atoms with Gasteiger partial charge in [0.2, 0.25) is 0 Å². The van der Waals surface area contributed by atoms with Crippen molar-refractivity contribution in [2.24, 2.45) is 0 Å². The highest BCUT2D eigenvalue weighted by atomic mass is 16.5. The van der Waals surface area contributed by atoms with Crippen LogP contribution in [0.4, 0.5) is 0 Å². The van der Waals surface area contributed by atoms with Gasteiger partial charge in [0.15, 0.2) is 11.5 Å². The Labute approximate surface area is 184 Å². The van der Waals surface area contributed by atoms with Crippen LogP contribution in [0.15, 0.2) is 54.6 Å². The Morgan fingerprint density at radius 1 is 0.968 bits per heavy atom. The molecule has 0 amide bonds. The highest BCUT2D eigenvalue weighted by molar-refractivity contribution is 5.86. The highest BCUT2D eigenvalue weighted by Crippen LogP contribution is 2.50. The van der Waals surface area contributed by atoms with Crippen molar-refractivity contribution in [1.82, 2.24) is 5.32 Å².